The van der Waals surface area contributed by atoms with Crippen molar-refractivity contribution in [3.8, 4) is 5.75 Å². The van der Waals surface area contributed by atoms with Crippen molar-refractivity contribution in [1.29, 1.82) is 0 Å². The van der Waals surface area contributed by atoms with Crippen LogP contribution in [0.15, 0.2) is 48.8 Å². The average molecular weight is 393 g/mol. The maximum Gasteiger partial charge on any atom is 0.573 e. The Labute approximate surface area is 161 Å². The molecule has 150 valence electrons. The Bertz CT molecular complexity index is 784. The summed E-state index contributed by atoms with van der Waals surface area (Å²) in [6.45, 7) is 1.49. The van der Waals surface area contributed by atoms with Gasteiger partial charge in [-0.2, -0.15) is 0 Å². The molecule has 2 heterocycles. The van der Waals surface area contributed by atoms with E-state index in [4.69, 9.17) is 0 Å². The average Bonchev–Trinajstić information content (AvgIpc) is 3.00. The molecule has 1 saturated heterocycles. The molecule has 1 unspecified atom stereocenters. The van der Waals surface area contributed by atoms with Crippen molar-refractivity contribution in [1.82, 2.24) is 15.2 Å². The SMILES string of the molecule is O=C1CCC(CCNCc2cccnc2)N1Cc1ccccc1OC(F)(F)F. The number of halogens is 3. The fraction of sp³-hybridized carbons (Fsp3) is 0.400. The molecule has 0 saturated carbocycles. The maximum absolute atomic E-state index is 12.6. The van der Waals surface area contributed by atoms with E-state index in [9.17, 15) is 18.0 Å². The molecule has 28 heavy (non-hydrogen) atoms. The lowest BCUT2D eigenvalue weighted by molar-refractivity contribution is -0.275. The summed E-state index contributed by atoms with van der Waals surface area (Å²) in [5.41, 5.74) is 1.42. The highest BCUT2D eigenvalue weighted by Crippen LogP contribution is 2.30. The highest BCUT2D eigenvalue weighted by atomic mass is 19.4. The van der Waals surface area contributed by atoms with Gasteiger partial charge in [0.2, 0.25) is 5.91 Å². The van der Waals surface area contributed by atoms with Crippen LogP contribution in [0.4, 0.5) is 13.2 Å². The second kappa shape index (κ2) is 9.05. The number of para-hydroxylation sites is 1. The fourth-order valence-electron chi connectivity index (χ4n) is 3.36. The van der Waals surface area contributed by atoms with Crippen molar-refractivity contribution >= 4 is 5.91 Å². The van der Waals surface area contributed by atoms with Crippen LogP contribution in [0.3, 0.4) is 0 Å². The van der Waals surface area contributed by atoms with Crippen LogP contribution in [-0.4, -0.2) is 34.7 Å². The summed E-state index contributed by atoms with van der Waals surface area (Å²) in [5.74, 6) is -0.303. The minimum absolute atomic E-state index is 0.00663. The zero-order chi connectivity index (χ0) is 20.0. The van der Waals surface area contributed by atoms with Crippen molar-refractivity contribution in [3.63, 3.8) is 0 Å². The van der Waals surface area contributed by atoms with Gasteiger partial charge in [0.05, 0.1) is 0 Å². The number of ether oxygens (including phenoxy) is 1. The van der Waals surface area contributed by atoms with Crippen molar-refractivity contribution in [3.05, 3.63) is 59.9 Å². The summed E-state index contributed by atoms with van der Waals surface area (Å²) in [4.78, 5) is 18.0. The largest absolute Gasteiger partial charge is 0.573 e. The summed E-state index contributed by atoms with van der Waals surface area (Å²) >= 11 is 0. The smallest absolute Gasteiger partial charge is 0.405 e. The molecule has 1 aliphatic rings. The Balaban J connectivity index is 1.57. The minimum Gasteiger partial charge on any atom is -0.405 e. The van der Waals surface area contributed by atoms with Crippen LogP contribution >= 0.6 is 0 Å². The number of alkyl halides is 3. The standard InChI is InChI=1S/C20H22F3N3O2/c21-20(22,23)28-18-6-2-1-5-16(18)14-26-17(7-8-19(26)27)9-11-25-13-15-4-3-10-24-12-15/h1-6,10,12,17,25H,7-9,11,13-14H2. The molecule has 1 amide bonds. The third-order valence-electron chi connectivity index (χ3n) is 4.70. The van der Waals surface area contributed by atoms with Crippen molar-refractivity contribution < 1.29 is 22.7 Å². The zero-order valence-electron chi connectivity index (χ0n) is 15.3. The Morgan fingerprint density at radius 2 is 2.04 bits per heavy atom. The summed E-state index contributed by atoms with van der Waals surface area (Å²) in [6, 6.07) is 9.79. The normalized spacial score (nSPS) is 17.2. The number of hydrogen-bond donors (Lipinski definition) is 1. The number of likely N-dealkylation sites (tertiary alicyclic amines) is 1. The Kier molecular flexibility index (Phi) is 6.51. The van der Waals surface area contributed by atoms with E-state index in [0.717, 1.165) is 12.0 Å². The van der Waals surface area contributed by atoms with Gasteiger partial charge in [-0.1, -0.05) is 24.3 Å². The first kappa shape index (κ1) is 20.1. The summed E-state index contributed by atoms with van der Waals surface area (Å²) < 4.78 is 42.0. The maximum atomic E-state index is 12.6. The predicted octanol–water partition coefficient (Wildman–Crippen LogP) is 3.65. The molecule has 1 aromatic heterocycles. The van der Waals surface area contributed by atoms with Crippen molar-refractivity contribution in [2.75, 3.05) is 6.54 Å². The minimum atomic E-state index is -4.76. The third kappa shape index (κ3) is 5.69. The zero-order valence-corrected chi connectivity index (χ0v) is 15.3. The first-order valence-electron chi connectivity index (χ1n) is 9.15. The van der Waals surface area contributed by atoms with Crippen LogP contribution in [0.5, 0.6) is 5.75 Å². The first-order valence-corrected chi connectivity index (χ1v) is 9.15. The number of carbonyl (C=O) groups is 1. The van der Waals surface area contributed by atoms with E-state index in [1.165, 1.54) is 12.1 Å². The van der Waals surface area contributed by atoms with Gasteiger partial charge >= 0.3 is 6.36 Å². The monoisotopic (exact) mass is 393 g/mol. The van der Waals surface area contributed by atoms with E-state index in [1.54, 1.807) is 29.4 Å². The van der Waals surface area contributed by atoms with Gasteiger partial charge in [-0.3, -0.25) is 9.78 Å². The topological polar surface area (TPSA) is 54.5 Å². The Hall–Kier alpha value is -2.61. The molecule has 1 aromatic carbocycles. The number of hydrogen-bond acceptors (Lipinski definition) is 4. The predicted molar refractivity (Wildman–Crippen MR) is 97.3 cm³/mol. The lowest BCUT2D eigenvalue weighted by Gasteiger charge is -2.26. The first-order chi connectivity index (χ1) is 13.4. The summed E-state index contributed by atoms with van der Waals surface area (Å²) in [6.07, 6.45) is 0.585. The quantitative estimate of drug-likeness (QED) is 0.696. The molecular formula is C20H22F3N3O2. The molecule has 0 spiro atoms. The number of pyridine rings is 1. The van der Waals surface area contributed by atoms with Gasteiger partial charge in [0, 0.05) is 43.5 Å². The number of aromatic nitrogens is 1. The fourth-order valence-corrected chi connectivity index (χ4v) is 3.36. The van der Waals surface area contributed by atoms with Crippen LogP contribution in [-0.2, 0) is 17.9 Å². The number of carbonyl (C=O) groups excluding carboxylic acids is 1. The Morgan fingerprint density at radius 1 is 1.21 bits per heavy atom. The van der Waals surface area contributed by atoms with Crippen LogP contribution in [0.2, 0.25) is 0 Å². The van der Waals surface area contributed by atoms with E-state index in [1.807, 2.05) is 12.1 Å². The van der Waals surface area contributed by atoms with E-state index >= 15 is 0 Å². The van der Waals surface area contributed by atoms with E-state index in [0.29, 0.717) is 31.5 Å². The number of nitrogens with zero attached hydrogens (tertiary/aromatic N) is 2. The number of amides is 1. The molecular weight excluding hydrogens is 371 g/mol. The number of rotatable bonds is 8. The molecule has 5 nitrogen and oxygen atoms in total. The molecule has 8 heteroatoms. The molecule has 1 aliphatic heterocycles. The molecule has 1 fully saturated rings. The van der Waals surface area contributed by atoms with E-state index < -0.39 is 6.36 Å². The van der Waals surface area contributed by atoms with Crippen molar-refractivity contribution in [2.45, 2.75) is 44.8 Å². The molecule has 0 aliphatic carbocycles. The summed E-state index contributed by atoms with van der Waals surface area (Å²) in [5, 5.41) is 3.32. The van der Waals surface area contributed by atoms with Gasteiger partial charge in [-0.05, 0) is 37.1 Å². The van der Waals surface area contributed by atoms with Gasteiger partial charge in [0.25, 0.3) is 0 Å². The molecule has 1 N–H and O–H groups in total. The van der Waals surface area contributed by atoms with Gasteiger partial charge in [-0.25, -0.2) is 0 Å². The van der Waals surface area contributed by atoms with Gasteiger partial charge in [0.15, 0.2) is 0 Å². The van der Waals surface area contributed by atoms with E-state index in [2.05, 4.69) is 15.0 Å². The number of benzene rings is 1. The highest BCUT2D eigenvalue weighted by molar-refractivity contribution is 5.78. The van der Waals surface area contributed by atoms with Crippen molar-refractivity contribution in [2.24, 2.45) is 0 Å². The lowest BCUT2D eigenvalue weighted by atomic mass is 10.1. The van der Waals surface area contributed by atoms with Gasteiger partial charge in [0.1, 0.15) is 5.75 Å². The van der Waals surface area contributed by atoms with Crippen LogP contribution in [0, 0.1) is 0 Å². The van der Waals surface area contributed by atoms with Crippen LogP contribution < -0.4 is 10.1 Å². The molecule has 2 aromatic rings. The van der Waals surface area contributed by atoms with Gasteiger partial charge in [-0.15, -0.1) is 13.2 Å². The highest BCUT2D eigenvalue weighted by Gasteiger charge is 2.34. The Morgan fingerprint density at radius 3 is 2.79 bits per heavy atom. The lowest BCUT2D eigenvalue weighted by Crippen LogP contribution is -2.35. The number of nitrogens with one attached hydrogen (secondary N) is 1. The molecule has 0 bridgehead atoms. The molecule has 0 radical (unpaired) electrons. The van der Waals surface area contributed by atoms with Crippen LogP contribution in [0.25, 0.3) is 0 Å². The third-order valence-corrected chi connectivity index (χ3v) is 4.70. The summed E-state index contributed by atoms with van der Waals surface area (Å²) in [7, 11) is 0. The van der Waals surface area contributed by atoms with E-state index in [-0.39, 0.29) is 24.2 Å². The second-order valence-electron chi connectivity index (χ2n) is 6.70. The second-order valence-corrected chi connectivity index (χ2v) is 6.70. The molecule has 3 rings (SSSR count). The van der Waals surface area contributed by atoms with Crippen LogP contribution in [0.1, 0.15) is 30.4 Å². The van der Waals surface area contributed by atoms with Gasteiger partial charge < -0.3 is 15.0 Å². The molecule has 1 atom stereocenters.